The summed E-state index contributed by atoms with van der Waals surface area (Å²) in [4.78, 5) is 89.2. The van der Waals surface area contributed by atoms with E-state index in [0.717, 1.165) is 42.4 Å². The van der Waals surface area contributed by atoms with Gasteiger partial charge < -0.3 is 20.4 Å². The van der Waals surface area contributed by atoms with Crippen LogP contribution < -0.4 is 16.0 Å². The molecular formula is C38H48N4O10. The van der Waals surface area contributed by atoms with Crippen molar-refractivity contribution in [2.75, 3.05) is 6.67 Å². The number of carbonyl (C=O) groups excluding carboxylic acids is 8. The van der Waals surface area contributed by atoms with Gasteiger partial charge in [-0.05, 0) is 68.5 Å². The maximum atomic E-state index is 13.4. The fourth-order valence-corrected chi connectivity index (χ4v) is 5.20. The van der Waals surface area contributed by atoms with Crippen molar-refractivity contribution in [3.05, 3.63) is 83.1 Å². The third kappa shape index (κ3) is 15.1. The second-order valence-electron chi connectivity index (χ2n) is 11.7. The average molecular weight is 721 g/mol. The lowest BCUT2D eigenvalue weighted by Crippen LogP contribution is -2.48. The molecule has 3 aromatic rings. The first kappa shape index (κ1) is 44.3. The molecule has 14 nitrogen and oxygen atoms in total. The van der Waals surface area contributed by atoms with E-state index in [2.05, 4.69) is 22.9 Å². The molecule has 280 valence electrons. The van der Waals surface area contributed by atoms with Gasteiger partial charge in [-0.25, -0.2) is 5.06 Å². The lowest BCUT2D eigenvalue weighted by atomic mass is 9.90. The quantitative estimate of drug-likeness (QED) is 0.0657. The number of hydrogen-bond acceptors (Lipinski definition) is 10. The molecule has 2 aromatic carbocycles. The summed E-state index contributed by atoms with van der Waals surface area (Å²) in [5.74, 6) is -0.834. The molecule has 0 spiro atoms. The van der Waals surface area contributed by atoms with Gasteiger partial charge in [0.15, 0.2) is 5.76 Å². The van der Waals surface area contributed by atoms with Crippen molar-refractivity contribution in [2.24, 2.45) is 5.92 Å². The normalized spacial score (nSPS) is 11.7. The molecule has 0 bridgehead atoms. The van der Waals surface area contributed by atoms with E-state index >= 15 is 0 Å². The molecule has 0 unspecified atom stereocenters. The Morgan fingerprint density at radius 2 is 1.56 bits per heavy atom. The van der Waals surface area contributed by atoms with Crippen LogP contribution in [0, 0.1) is 12.8 Å². The summed E-state index contributed by atoms with van der Waals surface area (Å²) in [6, 6.07) is 17.8. The van der Waals surface area contributed by atoms with Crippen LogP contribution in [0.2, 0.25) is 0 Å². The van der Waals surface area contributed by atoms with Gasteiger partial charge in [-0.3, -0.25) is 24.0 Å². The lowest BCUT2D eigenvalue weighted by Gasteiger charge is -2.32. The highest BCUT2D eigenvalue weighted by Crippen LogP contribution is 2.25. The van der Waals surface area contributed by atoms with Gasteiger partial charge in [0.2, 0.25) is 12.3 Å². The number of aryl methyl sites for hydroxylation is 1. The number of unbranched alkanes of at least 4 members (excludes halogenated alkanes) is 2. The van der Waals surface area contributed by atoms with Crippen LogP contribution in [0.4, 0.5) is 0 Å². The fourth-order valence-electron chi connectivity index (χ4n) is 5.20. The first-order valence-electron chi connectivity index (χ1n) is 17.0. The van der Waals surface area contributed by atoms with Gasteiger partial charge in [0.05, 0.1) is 18.6 Å². The van der Waals surface area contributed by atoms with Gasteiger partial charge in [-0.1, -0.05) is 76.4 Å². The number of benzene rings is 2. The van der Waals surface area contributed by atoms with E-state index in [1.807, 2.05) is 64.1 Å². The van der Waals surface area contributed by atoms with Crippen molar-refractivity contribution >= 4 is 36.4 Å². The molecule has 0 saturated heterocycles. The highest BCUT2D eigenvalue weighted by molar-refractivity contribution is 5.96. The number of rotatable bonds is 19. The van der Waals surface area contributed by atoms with Crippen molar-refractivity contribution in [1.82, 2.24) is 21.0 Å². The Balaban J connectivity index is 0.00000210. The average Bonchev–Trinajstić information content (AvgIpc) is 3.64. The highest BCUT2D eigenvalue weighted by Gasteiger charge is 2.32. The summed E-state index contributed by atoms with van der Waals surface area (Å²) in [5.41, 5.74) is 3.03. The molecule has 3 N–H and O–H groups in total. The smallest absolute Gasteiger partial charge is 0.373 e. The molecule has 4 amide bonds. The van der Waals surface area contributed by atoms with Crippen LogP contribution in [0.1, 0.15) is 98.3 Å². The van der Waals surface area contributed by atoms with Crippen LogP contribution in [-0.4, -0.2) is 60.3 Å². The molecule has 0 saturated carbocycles. The van der Waals surface area contributed by atoms with Crippen LogP contribution in [0.3, 0.4) is 0 Å². The third-order valence-electron chi connectivity index (χ3n) is 8.08. The molecule has 1 heterocycles. The molecule has 3 rings (SSSR count). The first-order chi connectivity index (χ1) is 25.0. The second-order valence-corrected chi connectivity index (χ2v) is 11.7. The van der Waals surface area contributed by atoms with Crippen LogP contribution in [-0.2, 0) is 40.2 Å². The van der Waals surface area contributed by atoms with Crippen LogP contribution in [0.15, 0.2) is 65.1 Å². The Hall–Kier alpha value is -5.68. The summed E-state index contributed by atoms with van der Waals surface area (Å²) in [7, 11) is 0. The van der Waals surface area contributed by atoms with Crippen LogP contribution in [0.25, 0.3) is 11.3 Å². The number of furan rings is 1. The van der Waals surface area contributed by atoms with Gasteiger partial charge in [0.25, 0.3) is 11.8 Å². The van der Waals surface area contributed by atoms with Gasteiger partial charge >= 0.3 is 12.3 Å². The summed E-state index contributed by atoms with van der Waals surface area (Å²) < 4.78 is 5.82. The topological polar surface area (TPSA) is 198 Å². The number of amides is 4. The zero-order valence-corrected chi connectivity index (χ0v) is 30.3. The molecule has 0 aliphatic carbocycles. The third-order valence-corrected chi connectivity index (χ3v) is 8.08. The maximum Gasteiger partial charge on any atom is 0.373 e. The predicted molar refractivity (Wildman–Crippen MR) is 187 cm³/mol. The Labute approximate surface area is 303 Å². The molecule has 0 aliphatic heterocycles. The molecule has 0 fully saturated rings. The predicted octanol–water partition coefficient (Wildman–Crippen LogP) is 4.99. The number of carbonyl (C=O) groups is 4. The Morgan fingerprint density at radius 1 is 0.885 bits per heavy atom. The fraction of sp³-hybridized carbons (Fsp3) is 0.421. The van der Waals surface area contributed by atoms with Gasteiger partial charge in [0, 0.05) is 17.2 Å². The van der Waals surface area contributed by atoms with Crippen molar-refractivity contribution in [2.45, 2.75) is 91.8 Å². The van der Waals surface area contributed by atoms with Crippen LogP contribution >= 0.6 is 0 Å². The summed E-state index contributed by atoms with van der Waals surface area (Å²) in [5, 5.41) is 9.72. The largest absolute Gasteiger partial charge is 0.451 e. The summed E-state index contributed by atoms with van der Waals surface area (Å²) >= 11 is 0. The molecule has 0 radical (unpaired) electrons. The second kappa shape index (κ2) is 25.3. The Morgan fingerprint density at radius 3 is 2.13 bits per heavy atom. The number of nitrogens with one attached hydrogen (secondary N) is 3. The standard InChI is InChI=1S/C36H48N4O6.2CO2/c1-6-9-11-16-30(31(8-3)40(24-41)45-22-27-14-12-10-13-15-27)34(42)37-23-38-36(44)33-20-19-32(46-33)28-17-18-29(25(4)21-28)35(43)39-26(5)7-2;2*2-1-3/h10,12-15,17-21,24,26,30-31H,6-9,11,16,22-23H2,1-5H3,(H,37,42)(H,38,44)(H,39,43);;/t26-,30-,31-;;/m1../s1. The molecule has 1 aromatic heterocycles. The van der Waals surface area contributed by atoms with E-state index in [9.17, 15) is 19.2 Å². The minimum Gasteiger partial charge on any atom is -0.451 e. The summed E-state index contributed by atoms with van der Waals surface area (Å²) in [6.07, 6.45) is 5.83. The van der Waals surface area contributed by atoms with E-state index in [-0.39, 0.29) is 49.2 Å². The molecule has 0 aliphatic rings. The van der Waals surface area contributed by atoms with Crippen LogP contribution in [0.5, 0.6) is 0 Å². The molecule has 52 heavy (non-hydrogen) atoms. The zero-order chi connectivity index (χ0) is 38.9. The number of nitrogens with zero attached hydrogens (tertiary/aromatic N) is 1. The number of hydrogen-bond donors (Lipinski definition) is 3. The monoisotopic (exact) mass is 720 g/mol. The van der Waals surface area contributed by atoms with E-state index in [4.69, 9.17) is 28.4 Å². The summed E-state index contributed by atoms with van der Waals surface area (Å²) in [6.45, 7) is 9.93. The first-order valence-corrected chi connectivity index (χ1v) is 17.0. The minimum atomic E-state index is -0.525. The molecule has 3 atom stereocenters. The van der Waals surface area contributed by atoms with E-state index < -0.39 is 17.9 Å². The van der Waals surface area contributed by atoms with Crippen molar-refractivity contribution in [3.63, 3.8) is 0 Å². The van der Waals surface area contributed by atoms with Gasteiger partial charge in [-0.2, -0.15) is 19.2 Å². The lowest BCUT2D eigenvalue weighted by molar-refractivity contribution is -0.200. The van der Waals surface area contributed by atoms with Crippen molar-refractivity contribution in [1.29, 1.82) is 0 Å². The van der Waals surface area contributed by atoms with E-state index in [1.165, 1.54) is 5.06 Å². The van der Waals surface area contributed by atoms with Gasteiger partial charge in [-0.15, -0.1) is 0 Å². The van der Waals surface area contributed by atoms with E-state index in [1.54, 1.807) is 24.3 Å². The Bertz CT molecular complexity index is 1600. The SMILES string of the molecule is CCCCC[C@@H](C(=O)NCNC(=O)c1ccc(-c2ccc(C(=O)N[C@H](C)CC)c(C)c2)o1)[C@@H](CC)N(C=O)OCc1ccccc1.O=C=O.O=C=O. The highest BCUT2D eigenvalue weighted by atomic mass is 16.7. The zero-order valence-electron chi connectivity index (χ0n) is 30.3. The minimum absolute atomic E-state index is 0.0764. The molecular weight excluding hydrogens is 672 g/mol. The van der Waals surface area contributed by atoms with Crippen molar-refractivity contribution < 1.29 is 47.6 Å². The Kier molecular flexibility index (Phi) is 21.6. The maximum absolute atomic E-state index is 13.4. The van der Waals surface area contributed by atoms with Gasteiger partial charge in [0.1, 0.15) is 12.4 Å². The number of hydroxylamine groups is 2. The molecule has 14 heteroatoms. The van der Waals surface area contributed by atoms with E-state index in [0.29, 0.717) is 30.6 Å². The van der Waals surface area contributed by atoms with Crippen molar-refractivity contribution in [3.8, 4) is 11.3 Å².